The Morgan fingerprint density at radius 1 is 1.12 bits per heavy atom. The molecule has 1 fully saturated rings. The van der Waals surface area contributed by atoms with Crippen molar-refractivity contribution in [2.45, 2.75) is 18.8 Å². The van der Waals surface area contributed by atoms with Crippen molar-refractivity contribution < 1.29 is 8.91 Å². The van der Waals surface area contributed by atoms with Gasteiger partial charge in [-0.3, -0.25) is 4.90 Å². The number of likely N-dealkylation sites (tertiary alicyclic amines) is 1. The Bertz CT molecular complexity index is 967. The summed E-state index contributed by atoms with van der Waals surface area (Å²) in [5.74, 6) is 0.115. The molecule has 5 rings (SSSR count). The fourth-order valence-corrected chi connectivity index (χ4v) is 4.06. The molecule has 2 aliphatic rings. The Kier molecular flexibility index (Phi) is 3.45. The summed E-state index contributed by atoms with van der Waals surface area (Å²) in [4.78, 5) is 2.51. The SMILES string of the molecule is Fc1ccc2c(C3CCN(CC4=Cc5ccccc54)CC3)noc2c1. The van der Waals surface area contributed by atoms with Crippen molar-refractivity contribution in [3.63, 3.8) is 0 Å². The summed E-state index contributed by atoms with van der Waals surface area (Å²) < 4.78 is 18.6. The second-order valence-corrected chi connectivity index (χ2v) is 7.02. The number of piperidine rings is 1. The average Bonchev–Trinajstić information content (AvgIpc) is 3.03. The van der Waals surface area contributed by atoms with Crippen molar-refractivity contribution in [2.75, 3.05) is 19.6 Å². The number of fused-ring (bicyclic) bond motifs is 2. The van der Waals surface area contributed by atoms with Crippen molar-refractivity contribution in [3.05, 3.63) is 65.1 Å². The predicted molar refractivity (Wildman–Crippen MR) is 96.7 cm³/mol. The van der Waals surface area contributed by atoms with Crippen molar-refractivity contribution in [1.29, 1.82) is 0 Å². The van der Waals surface area contributed by atoms with Gasteiger partial charge in [-0.25, -0.2) is 4.39 Å². The molecule has 126 valence electrons. The molecule has 0 N–H and O–H groups in total. The minimum atomic E-state index is -0.279. The van der Waals surface area contributed by atoms with Gasteiger partial charge in [0.15, 0.2) is 5.58 Å². The van der Waals surface area contributed by atoms with Gasteiger partial charge >= 0.3 is 0 Å². The highest BCUT2D eigenvalue weighted by atomic mass is 19.1. The summed E-state index contributed by atoms with van der Waals surface area (Å²) in [5, 5.41) is 5.19. The number of nitrogens with zero attached hydrogens (tertiary/aromatic N) is 2. The maximum Gasteiger partial charge on any atom is 0.170 e. The van der Waals surface area contributed by atoms with Crippen LogP contribution < -0.4 is 0 Å². The topological polar surface area (TPSA) is 29.3 Å². The van der Waals surface area contributed by atoms with Gasteiger partial charge in [0.25, 0.3) is 0 Å². The first kappa shape index (κ1) is 14.8. The minimum absolute atomic E-state index is 0.279. The van der Waals surface area contributed by atoms with E-state index in [-0.39, 0.29) is 5.82 Å². The van der Waals surface area contributed by atoms with Gasteiger partial charge in [0.2, 0.25) is 0 Å². The summed E-state index contributed by atoms with van der Waals surface area (Å²) in [6, 6.07) is 13.3. The lowest BCUT2D eigenvalue weighted by molar-refractivity contribution is 0.232. The molecule has 0 unspecified atom stereocenters. The van der Waals surface area contributed by atoms with Crippen LogP contribution in [0.25, 0.3) is 22.6 Å². The Morgan fingerprint density at radius 2 is 1.96 bits per heavy atom. The van der Waals surface area contributed by atoms with Crippen LogP contribution in [-0.2, 0) is 0 Å². The summed E-state index contributed by atoms with van der Waals surface area (Å²) in [6.07, 6.45) is 4.42. The zero-order chi connectivity index (χ0) is 16.8. The minimum Gasteiger partial charge on any atom is -0.356 e. The normalized spacial score (nSPS) is 18.0. The number of rotatable bonds is 3. The number of hydrogen-bond acceptors (Lipinski definition) is 3. The molecule has 4 heteroatoms. The molecule has 0 saturated carbocycles. The van der Waals surface area contributed by atoms with Crippen LogP contribution in [0.3, 0.4) is 0 Å². The largest absolute Gasteiger partial charge is 0.356 e. The molecule has 3 nitrogen and oxygen atoms in total. The van der Waals surface area contributed by atoms with Gasteiger partial charge in [0, 0.05) is 23.9 Å². The quantitative estimate of drug-likeness (QED) is 0.695. The smallest absolute Gasteiger partial charge is 0.170 e. The van der Waals surface area contributed by atoms with Crippen LogP contribution in [0, 0.1) is 5.82 Å². The van der Waals surface area contributed by atoms with Crippen LogP contribution in [0.2, 0.25) is 0 Å². The Morgan fingerprint density at radius 3 is 2.80 bits per heavy atom. The molecule has 1 saturated heterocycles. The first-order chi connectivity index (χ1) is 12.3. The molecular weight excluding hydrogens is 315 g/mol. The summed E-state index contributed by atoms with van der Waals surface area (Å²) in [5.41, 5.74) is 5.73. The standard InChI is InChI=1S/C21H19FN2O/c22-17-5-6-19-20(12-17)25-23-21(19)14-7-9-24(10-8-14)13-16-11-15-3-1-2-4-18(15)16/h1-6,11-12,14H,7-10,13H2. The molecule has 1 aromatic heterocycles. The van der Waals surface area contributed by atoms with Crippen LogP contribution in [-0.4, -0.2) is 29.7 Å². The van der Waals surface area contributed by atoms with E-state index in [1.54, 1.807) is 6.07 Å². The van der Waals surface area contributed by atoms with Gasteiger partial charge in [0.1, 0.15) is 5.82 Å². The lowest BCUT2D eigenvalue weighted by Crippen LogP contribution is -2.34. The van der Waals surface area contributed by atoms with E-state index in [2.05, 4.69) is 40.4 Å². The number of hydrogen-bond donors (Lipinski definition) is 0. The molecule has 0 amide bonds. The van der Waals surface area contributed by atoms with Crippen molar-refractivity contribution >= 4 is 22.6 Å². The molecule has 0 bridgehead atoms. The van der Waals surface area contributed by atoms with Gasteiger partial charge in [0.05, 0.1) is 5.69 Å². The van der Waals surface area contributed by atoms with E-state index in [4.69, 9.17) is 4.52 Å². The lowest BCUT2D eigenvalue weighted by Gasteiger charge is -2.33. The van der Waals surface area contributed by atoms with Crippen molar-refractivity contribution in [2.24, 2.45) is 0 Å². The molecule has 1 aliphatic heterocycles. The van der Waals surface area contributed by atoms with Gasteiger partial charge in [-0.2, -0.15) is 0 Å². The third-order valence-electron chi connectivity index (χ3n) is 5.47. The molecule has 2 aromatic carbocycles. The molecule has 0 radical (unpaired) electrons. The molecule has 25 heavy (non-hydrogen) atoms. The highest BCUT2D eigenvalue weighted by Crippen LogP contribution is 2.36. The van der Waals surface area contributed by atoms with Crippen LogP contribution >= 0.6 is 0 Å². The predicted octanol–water partition coefficient (Wildman–Crippen LogP) is 4.70. The maximum atomic E-state index is 13.3. The van der Waals surface area contributed by atoms with E-state index in [1.807, 2.05) is 0 Å². The van der Waals surface area contributed by atoms with E-state index in [1.165, 1.54) is 28.8 Å². The van der Waals surface area contributed by atoms with E-state index in [0.717, 1.165) is 43.6 Å². The summed E-state index contributed by atoms with van der Waals surface area (Å²) in [7, 11) is 0. The van der Waals surface area contributed by atoms with Gasteiger partial charge in [-0.1, -0.05) is 29.4 Å². The monoisotopic (exact) mass is 334 g/mol. The molecule has 2 heterocycles. The second kappa shape index (κ2) is 5.81. The first-order valence-electron chi connectivity index (χ1n) is 8.85. The zero-order valence-electron chi connectivity index (χ0n) is 13.9. The fraction of sp³-hybridized carbons (Fsp3) is 0.286. The first-order valence-corrected chi connectivity index (χ1v) is 8.85. The van der Waals surface area contributed by atoms with Crippen LogP contribution in [0.4, 0.5) is 4.39 Å². The number of halogens is 1. The van der Waals surface area contributed by atoms with Crippen LogP contribution in [0.1, 0.15) is 35.6 Å². The molecule has 0 spiro atoms. The third-order valence-corrected chi connectivity index (χ3v) is 5.47. The number of benzene rings is 2. The Balaban J connectivity index is 1.26. The highest BCUT2D eigenvalue weighted by molar-refractivity contribution is 5.96. The maximum absolute atomic E-state index is 13.3. The fourth-order valence-electron chi connectivity index (χ4n) is 4.06. The molecule has 1 aliphatic carbocycles. The summed E-state index contributed by atoms with van der Waals surface area (Å²) >= 11 is 0. The summed E-state index contributed by atoms with van der Waals surface area (Å²) in [6.45, 7) is 3.13. The second-order valence-electron chi connectivity index (χ2n) is 7.02. The number of aromatic nitrogens is 1. The van der Waals surface area contributed by atoms with E-state index >= 15 is 0 Å². The van der Waals surface area contributed by atoms with Gasteiger partial charge < -0.3 is 4.52 Å². The average molecular weight is 334 g/mol. The van der Waals surface area contributed by atoms with Crippen molar-refractivity contribution in [3.8, 4) is 0 Å². The van der Waals surface area contributed by atoms with Crippen molar-refractivity contribution in [1.82, 2.24) is 10.1 Å². The van der Waals surface area contributed by atoms with Crippen LogP contribution in [0.15, 0.2) is 47.0 Å². The third kappa shape index (κ3) is 2.57. The lowest BCUT2D eigenvalue weighted by atomic mass is 9.87. The Hall–Kier alpha value is -2.46. The molecule has 3 aromatic rings. The van der Waals surface area contributed by atoms with Crippen LogP contribution in [0.5, 0.6) is 0 Å². The van der Waals surface area contributed by atoms with Gasteiger partial charge in [-0.15, -0.1) is 0 Å². The highest BCUT2D eigenvalue weighted by Gasteiger charge is 2.26. The van der Waals surface area contributed by atoms with E-state index < -0.39 is 0 Å². The Labute approximate surface area is 145 Å². The zero-order valence-corrected chi connectivity index (χ0v) is 13.9. The molecule has 0 atom stereocenters. The van der Waals surface area contributed by atoms with E-state index in [9.17, 15) is 4.39 Å². The van der Waals surface area contributed by atoms with E-state index in [0.29, 0.717) is 11.5 Å². The molecular formula is C21H19FN2O. The van der Waals surface area contributed by atoms with Gasteiger partial charge in [-0.05, 0) is 60.8 Å².